The number of aliphatic hydroxyl groups excluding tert-OH is 1. The number of nitrogens with one attached hydrogen (secondary N) is 1. The number of nitrogens with zero attached hydrogens (tertiary/aromatic N) is 1. The van der Waals surface area contributed by atoms with Crippen LogP contribution in [0.1, 0.15) is 25.1 Å². The molecule has 1 heterocycles. The van der Waals surface area contributed by atoms with E-state index in [0.29, 0.717) is 5.13 Å². The second kappa shape index (κ2) is 4.72. The van der Waals surface area contributed by atoms with Gasteiger partial charge in [-0.3, -0.25) is 0 Å². The number of hydrogen-bond acceptors (Lipinski definition) is 5. The average molecular weight is 215 g/mol. The molecule has 14 heavy (non-hydrogen) atoms. The van der Waals surface area contributed by atoms with Crippen LogP contribution in [0.2, 0.25) is 0 Å². The second-order valence-electron chi connectivity index (χ2n) is 3.88. The number of nitrogen functional groups attached to an aromatic ring is 1. The van der Waals surface area contributed by atoms with Crippen LogP contribution in [0.25, 0.3) is 0 Å². The maximum atomic E-state index is 8.83. The molecule has 0 spiro atoms. The Morgan fingerprint density at radius 1 is 1.64 bits per heavy atom. The summed E-state index contributed by atoms with van der Waals surface area (Å²) in [6.45, 7) is 5.08. The zero-order chi connectivity index (χ0) is 10.6. The number of rotatable bonds is 5. The van der Waals surface area contributed by atoms with E-state index in [1.807, 2.05) is 0 Å². The molecule has 0 aliphatic rings. The molecule has 0 saturated heterocycles. The lowest BCUT2D eigenvalue weighted by molar-refractivity contribution is 0.230. The van der Waals surface area contributed by atoms with E-state index in [2.05, 4.69) is 24.1 Å². The molecule has 0 unspecified atom stereocenters. The molecule has 0 aliphatic heterocycles. The van der Waals surface area contributed by atoms with Crippen molar-refractivity contribution in [2.75, 3.05) is 12.3 Å². The van der Waals surface area contributed by atoms with E-state index < -0.39 is 0 Å². The fourth-order valence-electron chi connectivity index (χ4n) is 1.10. The Bertz CT molecular complexity index is 285. The lowest BCUT2D eigenvalue weighted by Gasteiger charge is -2.24. The summed E-state index contributed by atoms with van der Waals surface area (Å²) >= 11 is 1.49. The first-order valence-electron chi connectivity index (χ1n) is 4.59. The number of hydrogen-bond donors (Lipinski definition) is 3. The van der Waals surface area contributed by atoms with E-state index in [1.165, 1.54) is 11.3 Å². The summed E-state index contributed by atoms with van der Waals surface area (Å²) in [6, 6.07) is 0. The normalized spacial score (nSPS) is 11.9. The van der Waals surface area contributed by atoms with E-state index in [9.17, 15) is 0 Å². The van der Waals surface area contributed by atoms with Gasteiger partial charge in [-0.2, -0.15) is 0 Å². The monoisotopic (exact) mass is 215 g/mol. The lowest BCUT2D eigenvalue weighted by atomic mass is 10.0. The van der Waals surface area contributed by atoms with E-state index in [0.717, 1.165) is 17.8 Å². The number of nitrogens with two attached hydrogens (primary N) is 1. The fourth-order valence-corrected chi connectivity index (χ4v) is 1.72. The minimum absolute atomic E-state index is 0.0481. The maximum absolute atomic E-state index is 8.83. The van der Waals surface area contributed by atoms with Gasteiger partial charge in [-0.1, -0.05) is 0 Å². The zero-order valence-corrected chi connectivity index (χ0v) is 9.40. The van der Waals surface area contributed by atoms with Crippen LogP contribution in [0.3, 0.4) is 0 Å². The van der Waals surface area contributed by atoms with Gasteiger partial charge in [0.2, 0.25) is 0 Å². The summed E-state index contributed by atoms with van der Waals surface area (Å²) in [7, 11) is 0. The van der Waals surface area contributed by atoms with Crippen LogP contribution in [-0.4, -0.2) is 22.2 Å². The summed E-state index contributed by atoms with van der Waals surface area (Å²) in [5.74, 6) is 0. The van der Waals surface area contributed by atoms with Crippen molar-refractivity contribution < 1.29 is 5.11 Å². The largest absolute Gasteiger partial charge is 0.396 e. The molecule has 1 aromatic heterocycles. The third-order valence-corrected chi connectivity index (χ3v) is 2.88. The van der Waals surface area contributed by atoms with Crippen molar-refractivity contribution in [2.45, 2.75) is 32.4 Å². The molecule has 4 N–H and O–H groups in total. The van der Waals surface area contributed by atoms with Crippen LogP contribution in [0, 0.1) is 0 Å². The highest BCUT2D eigenvalue weighted by Crippen LogP contribution is 2.16. The molecule has 0 aliphatic carbocycles. The van der Waals surface area contributed by atoms with Crippen LogP contribution >= 0.6 is 11.3 Å². The predicted octanol–water partition coefficient (Wildman–Crippen LogP) is 0.976. The van der Waals surface area contributed by atoms with Gasteiger partial charge in [-0.05, 0) is 20.3 Å². The molecule has 0 aromatic carbocycles. The Hall–Kier alpha value is -0.650. The van der Waals surface area contributed by atoms with Crippen molar-refractivity contribution in [3.8, 4) is 0 Å². The molecule has 0 atom stereocenters. The van der Waals surface area contributed by atoms with Gasteiger partial charge in [0.25, 0.3) is 0 Å². The van der Waals surface area contributed by atoms with Crippen LogP contribution < -0.4 is 11.1 Å². The molecule has 0 bridgehead atoms. The molecule has 0 amide bonds. The van der Waals surface area contributed by atoms with Gasteiger partial charge >= 0.3 is 0 Å². The van der Waals surface area contributed by atoms with Gasteiger partial charge in [-0.15, -0.1) is 11.3 Å². The molecule has 5 heteroatoms. The van der Waals surface area contributed by atoms with Gasteiger partial charge in [0.05, 0.1) is 0 Å². The Morgan fingerprint density at radius 3 is 2.86 bits per heavy atom. The van der Waals surface area contributed by atoms with Crippen LogP contribution in [0.5, 0.6) is 0 Å². The van der Waals surface area contributed by atoms with E-state index >= 15 is 0 Å². The van der Waals surface area contributed by atoms with Gasteiger partial charge in [0.1, 0.15) is 0 Å². The molecular formula is C9H17N3OS. The Kier molecular flexibility index (Phi) is 3.86. The number of thiazole rings is 1. The van der Waals surface area contributed by atoms with Crippen molar-refractivity contribution in [1.82, 2.24) is 10.3 Å². The summed E-state index contributed by atoms with van der Waals surface area (Å²) in [4.78, 5) is 5.09. The third kappa shape index (κ3) is 3.61. The van der Waals surface area contributed by atoms with E-state index in [-0.39, 0.29) is 12.1 Å². The van der Waals surface area contributed by atoms with Crippen molar-refractivity contribution in [3.05, 3.63) is 11.1 Å². The molecule has 0 saturated carbocycles. The maximum Gasteiger partial charge on any atom is 0.180 e. The van der Waals surface area contributed by atoms with Crippen molar-refractivity contribution >= 4 is 16.5 Å². The SMILES string of the molecule is CC(C)(CCO)NCc1cnc(N)s1. The lowest BCUT2D eigenvalue weighted by Crippen LogP contribution is -2.39. The van der Waals surface area contributed by atoms with E-state index in [1.54, 1.807) is 6.20 Å². The summed E-state index contributed by atoms with van der Waals surface area (Å²) in [5, 5.41) is 12.8. The molecular weight excluding hydrogens is 198 g/mol. The topological polar surface area (TPSA) is 71.2 Å². The zero-order valence-electron chi connectivity index (χ0n) is 8.58. The number of aliphatic hydroxyl groups is 1. The van der Waals surface area contributed by atoms with Crippen LogP contribution in [0.4, 0.5) is 5.13 Å². The Balaban J connectivity index is 2.40. The highest BCUT2D eigenvalue weighted by atomic mass is 32.1. The van der Waals surface area contributed by atoms with Gasteiger partial charge in [-0.25, -0.2) is 4.98 Å². The minimum atomic E-state index is -0.0481. The van der Waals surface area contributed by atoms with Gasteiger partial charge < -0.3 is 16.2 Å². The number of anilines is 1. The predicted molar refractivity (Wildman–Crippen MR) is 59.1 cm³/mol. The van der Waals surface area contributed by atoms with Gasteiger partial charge in [0.15, 0.2) is 5.13 Å². The molecule has 80 valence electrons. The molecule has 4 nitrogen and oxygen atoms in total. The highest BCUT2D eigenvalue weighted by Gasteiger charge is 2.16. The van der Waals surface area contributed by atoms with Crippen LogP contribution in [-0.2, 0) is 6.54 Å². The number of aromatic nitrogens is 1. The summed E-state index contributed by atoms with van der Waals surface area (Å²) in [5.41, 5.74) is 5.47. The van der Waals surface area contributed by atoms with E-state index in [4.69, 9.17) is 10.8 Å². The highest BCUT2D eigenvalue weighted by molar-refractivity contribution is 7.15. The molecule has 1 rings (SSSR count). The smallest absolute Gasteiger partial charge is 0.180 e. The first-order valence-corrected chi connectivity index (χ1v) is 5.41. The van der Waals surface area contributed by atoms with Crippen molar-refractivity contribution in [1.29, 1.82) is 0 Å². The summed E-state index contributed by atoms with van der Waals surface area (Å²) in [6.07, 6.45) is 2.52. The Morgan fingerprint density at radius 2 is 2.36 bits per heavy atom. The first kappa shape index (κ1) is 11.4. The van der Waals surface area contributed by atoms with Crippen molar-refractivity contribution in [2.24, 2.45) is 0 Å². The van der Waals surface area contributed by atoms with Gasteiger partial charge in [0, 0.05) is 29.8 Å². The Labute approximate surface area is 88.2 Å². The molecule has 0 radical (unpaired) electrons. The average Bonchev–Trinajstić information content (AvgIpc) is 2.48. The molecule has 0 fully saturated rings. The molecule has 1 aromatic rings. The standard InChI is InChI=1S/C9H17N3OS/c1-9(2,3-4-13)12-6-7-5-11-8(10)14-7/h5,12-13H,3-4,6H2,1-2H3,(H2,10,11). The fraction of sp³-hybridized carbons (Fsp3) is 0.667. The summed E-state index contributed by atoms with van der Waals surface area (Å²) < 4.78 is 0. The van der Waals surface area contributed by atoms with Crippen molar-refractivity contribution in [3.63, 3.8) is 0 Å². The first-order chi connectivity index (χ1) is 6.53. The third-order valence-electron chi connectivity index (χ3n) is 2.05. The quantitative estimate of drug-likeness (QED) is 0.684. The van der Waals surface area contributed by atoms with Crippen LogP contribution in [0.15, 0.2) is 6.20 Å². The minimum Gasteiger partial charge on any atom is -0.396 e. The second-order valence-corrected chi connectivity index (χ2v) is 5.02.